The number of amides is 1. The van der Waals surface area contributed by atoms with Gasteiger partial charge in [0, 0.05) is 19.2 Å². The van der Waals surface area contributed by atoms with Gasteiger partial charge in [-0.2, -0.15) is 0 Å². The number of hydrogen-bond acceptors (Lipinski definition) is 9. The van der Waals surface area contributed by atoms with E-state index in [1.54, 1.807) is 27.8 Å². The van der Waals surface area contributed by atoms with Crippen molar-refractivity contribution in [3.05, 3.63) is 35.8 Å². The summed E-state index contributed by atoms with van der Waals surface area (Å²) in [4.78, 5) is 14.7. The number of benzene rings is 1. The van der Waals surface area contributed by atoms with E-state index in [4.69, 9.17) is 4.74 Å². The lowest BCUT2D eigenvalue weighted by atomic mass is 9.92. The van der Waals surface area contributed by atoms with E-state index in [2.05, 4.69) is 10.3 Å². The Morgan fingerprint density at radius 3 is 2.32 bits per heavy atom. The van der Waals surface area contributed by atoms with Crippen molar-refractivity contribution in [1.82, 2.24) is 19.9 Å². The number of nitrogens with zero attached hydrogens (tertiary/aromatic N) is 4. The molecule has 0 radical (unpaired) electrons. The quantitative estimate of drug-likeness (QED) is 0.317. The Kier molecular flexibility index (Phi) is 9.81. The van der Waals surface area contributed by atoms with Crippen molar-refractivity contribution in [2.24, 2.45) is 0 Å². The van der Waals surface area contributed by atoms with Crippen LogP contribution >= 0.6 is 11.8 Å². The molecular formula is C24H33F3N4O6S. The second-order valence-electron chi connectivity index (χ2n) is 9.21. The standard InChI is InChI=1S/C24H33F3N4O6S/c1-5-24(36,6-2)21(22(35)30(4)7-3)38-23-20(34)18(19(33)16(11-32)37-23)31-10-15(28-29-31)12-8-13(25)17(27)14(26)9-12/h8-10,16,18-21,23,32-34,36H,5-7,11H2,1-4H3/t16-,18+,19+,20-,21?,23+/m1/s1. The first-order valence-electron chi connectivity index (χ1n) is 12.2. The summed E-state index contributed by atoms with van der Waals surface area (Å²) in [5.41, 5.74) is -2.83. The fraction of sp³-hybridized carbons (Fsp3) is 0.625. The molecule has 14 heteroatoms. The molecule has 1 aromatic carbocycles. The summed E-state index contributed by atoms with van der Waals surface area (Å²) in [5, 5.41) is 49.9. The Morgan fingerprint density at radius 1 is 1.18 bits per heavy atom. The van der Waals surface area contributed by atoms with Crippen molar-refractivity contribution in [1.29, 1.82) is 0 Å². The number of ether oxygens (including phenoxy) is 1. The Hall–Kier alpha value is -2.23. The topological polar surface area (TPSA) is 141 Å². The predicted molar refractivity (Wildman–Crippen MR) is 132 cm³/mol. The molecule has 0 aliphatic carbocycles. The predicted octanol–water partition coefficient (Wildman–Crippen LogP) is 1.47. The van der Waals surface area contributed by atoms with E-state index < -0.39 is 64.7 Å². The van der Waals surface area contributed by atoms with Gasteiger partial charge in [0.05, 0.1) is 18.4 Å². The molecule has 10 nitrogen and oxygen atoms in total. The number of rotatable bonds is 10. The smallest absolute Gasteiger partial charge is 0.238 e. The Morgan fingerprint density at radius 2 is 1.79 bits per heavy atom. The van der Waals surface area contributed by atoms with Crippen LogP contribution in [0, 0.1) is 17.5 Å². The molecule has 1 aliphatic rings. The fourth-order valence-corrected chi connectivity index (χ4v) is 5.96. The van der Waals surface area contributed by atoms with Gasteiger partial charge in [0.15, 0.2) is 17.5 Å². The summed E-state index contributed by atoms with van der Waals surface area (Å²) in [5.74, 6) is -4.88. The molecule has 38 heavy (non-hydrogen) atoms. The number of carbonyl (C=O) groups is 1. The van der Waals surface area contributed by atoms with Crippen LogP contribution in [-0.2, 0) is 9.53 Å². The zero-order valence-electron chi connectivity index (χ0n) is 21.5. The van der Waals surface area contributed by atoms with Gasteiger partial charge in [0.2, 0.25) is 5.91 Å². The van der Waals surface area contributed by atoms with Crippen molar-refractivity contribution in [2.75, 3.05) is 20.2 Å². The van der Waals surface area contributed by atoms with E-state index in [9.17, 15) is 38.4 Å². The minimum absolute atomic E-state index is 0.0672. The van der Waals surface area contributed by atoms with Gasteiger partial charge in [-0.3, -0.25) is 4.79 Å². The molecule has 1 fully saturated rings. The second-order valence-corrected chi connectivity index (χ2v) is 10.4. The fourth-order valence-electron chi connectivity index (χ4n) is 4.28. The van der Waals surface area contributed by atoms with Gasteiger partial charge in [-0.15, -0.1) is 16.9 Å². The second kappa shape index (κ2) is 12.3. The highest BCUT2D eigenvalue weighted by atomic mass is 32.2. The van der Waals surface area contributed by atoms with Crippen molar-refractivity contribution < 1.29 is 43.1 Å². The van der Waals surface area contributed by atoms with Gasteiger partial charge >= 0.3 is 0 Å². The minimum Gasteiger partial charge on any atom is -0.394 e. The normalized spacial score (nSPS) is 24.9. The molecule has 1 amide bonds. The number of hydrogen-bond donors (Lipinski definition) is 4. The molecule has 4 N–H and O–H groups in total. The van der Waals surface area contributed by atoms with Gasteiger partial charge < -0.3 is 30.1 Å². The van der Waals surface area contributed by atoms with Gasteiger partial charge in [-0.25, -0.2) is 17.9 Å². The molecule has 0 saturated carbocycles. The Labute approximate surface area is 222 Å². The SMILES string of the molecule is CCN(C)C(=O)C(S[C@@H]1O[C@H](CO)[C@H](O)[C@H](n2cc(-c3cc(F)c(F)c(F)c3)nn2)[C@H]1O)C(O)(CC)CC. The number of carbonyl (C=O) groups excluding carboxylic acids is 1. The van der Waals surface area contributed by atoms with Gasteiger partial charge in [-0.1, -0.05) is 19.1 Å². The zero-order chi connectivity index (χ0) is 28.4. The lowest BCUT2D eigenvalue weighted by Gasteiger charge is -2.44. The van der Waals surface area contributed by atoms with E-state index in [-0.39, 0.29) is 30.0 Å². The first kappa shape index (κ1) is 30.3. The molecule has 0 spiro atoms. The summed E-state index contributed by atoms with van der Waals surface area (Å²) in [6.45, 7) is 4.97. The summed E-state index contributed by atoms with van der Waals surface area (Å²) >= 11 is 0.872. The highest BCUT2D eigenvalue weighted by molar-refractivity contribution is 8.01. The van der Waals surface area contributed by atoms with E-state index >= 15 is 0 Å². The minimum atomic E-state index is -1.64. The van der Waals surface area contributed by atoms with E-state index in [0.29, 0.717) is 6.54 Å². The molecule has 1 saturated heterocycles. The summed E-state index contributed by atoms with van der Waals surface area (Å²) in [6.07, 6.45) is -2.54. The van der Waals surface area contributed by atoms with Crippen molar-refractivity contribution in [3.63, 3.8) is 0 Å². The third-order valence-electron chi connectivity index (χ3n) is 7.00. The summed E-state index contributed by atoms with van der Waals surface area (Å²) in [6, 6.07) is 0.205. The van der Waals surface area contributed by atoms with Crippen LogP contribution in [0.1, 0.15) is 39.7 Å². The van der Waals surface area contributed by atoms with Gasteiger partial charge in [-0.05, 0) is 31.9 Å². The zero-order valence-corrected chi connectivity index (χ0v) is 22.3. The van der Waals surface area contributed by atoms with Gasteiger partial charge in [0.25, 0.3) is 0 Å². The van der Waals surface area contributed by atoms with Crippen LogP contribution in [-0.4, -0.2) is 101 Å². The largest absolute Gasteiger partial charge is 0.394 e. The average Bonchev–Trinajstić information content (AvgIpc) is 3.39. The van der Waals surface area contributed by atoms with Crippen LogP contribution < -0.4 is 0 Å². The lowest BCUT2D eigenvalue weighted by Crippen LogP contribution is -2.57. The molecule has 1 aliphatic heterocycles. The molecule has 212 valence electrons. The molecule has 1 aromatic heterocycles. The number of aromatic nitrogens is 3. The van der Waals surface area contributed by atoms with E-state index in [1.807, 2.05) is 0 Å². The maximum Gasteiger partial charge on any atom is 0.238 e. The Bertz CT molecular complexity index is 1100. The number of halogens is 3. The van der Waals surface area contributed by atoms with E-state index in [1.165, 1.54) is 11.1 Å². The highest BCUT2D eigenvalue weighted by Crippen LogP contribution is 2.41. The van der Waals surface area contributed by atoms with Crippen LogP contribution in [0.2, 0.25) is 0 Å². The monoisotopic (exact) mass is 562 g/mol. The molecular weight excluding hydrogens is 529 g/mol. The van der Waals surface area contributed by atoms with Crippen LogP contribution in [0.3, 0.4) is 0 Å². The number of aliphatic hydroxyl groups excluding tert-OH is 3. The average molecular weight is 563 g/mol. The highest BCUT2D eigenvalue weighted by Gasteiger charge is 2.50. The van der Waals surface area contributed by atoms with E-state index in [0.717, 1.165) is 28.6 Å². The molecule has 1 unspecified atom stereocenters. The third-order valence-corrected chi connectivity index (χ3v) is 8.57. The third kappa shape index (κ3) is 5.84. The first-order chi connectivity index (χ1) is 17.9. The van der Waals surface area contributed by atoms with Crippen LogP contribution in [0.15, 0.2) is 18.3 Å². The lowest BCUT2D eigenvalue weighted by molar-refractivity contribution is -0.179. The van der Waals surface area contributed by atoms with Crippen molar-refractivity contribution >= 4 is 17.7 Å². The summed E-state index contributed by atoms with van der Waals surface area (Å²) in [7, 11) is 1.58. The molecule has 6 atom stereocenters. The van der Waals surface area contributed by atoms with Gasteiger partial charge in [0.1, 0.15) is 40.7 Å². The molecule has 0 bridgehead atoms. The number of aliphatic hydroxyl groups is 4. The summed E-state index contributed by atoms with van der Waals surface area (Å²) < 4.78 is 47.7. The first-order valence-corrected chi connectivity index (χ1v) is 13.2. The van der Waals surface area contributed by atoms with Crippen LogP contribution in [0.4, 0.5) is 13.2 Å². The molecule has 2 heterocycles. The van der Waals surface area contributed by atoms with Crippen molar-refractivity contribution in [3.8, 4) is 11.3 Å². The van der Waals surface area contributed by atoms with Crippen molar-refractivity contribution in [2.45, 2.75) is 74.3 Å². The Balaban J connectivity index is 1.97. The maximum atomic E-state index is 13.7. The molecule has 3 rings (SSSR count). The van der Waals surface area contributed by atoms with Crippen LogP contribution in [0.5, 0.6) is 0 Å². The van der Waals surface area contributed by atoms with Crippen LogP contribution in [0.25, 0.3) is 11.3 Å². The maximum absolute atomic E-state index is 13.7. The molecule has 2 aromatic rings. The number of thioether (sulfide) groups is 1.